The number of hydrogen-bond donors (Lipinski definition) is 1. The van der Waals surface area contributed by atoms with Crippen LogP contribution in [0.3, 0.4) is 0 Å². The monoisotopic (exact) mass is 266 g/mol. The van der Waals surface area contributed by atoms with E-state index in [-0.39, 0.29) is 11.5 Å². The van der Waals surface area contributed by atoms with Crippen molar-refractivity contribution in [3.8, 4) is 0 Å². The van der Waals surface area contributed by atoms with E-state index in [1.807, 2.05) is 0 Å². The maximum atomic E-state index is 12.4. The summed E-state index contributed by atoms with van der Waals surface area (Å²) in [5.41, 5.74) is -0.920. The summed E-state index contributed by atoms with van der Waals surface area (Å²) in [6, 6.07) is 0. The van der Waals surface area contributed by atoms with Crippen LogP contribution in [-0.2, 0) is 14.1 Å². The minimum Gasteiger partial charge on any atom is -0.337 e. The van der Waals surface area contributed by atoms with Crippen molar-refractivity contribution in [1.82, 2.24) is 19.4 Å². The van der Waals surface area contributed by atoms with Gasteiger partial charge < -0.3 is 14.8 Å². The Balaban J connectivity index is 2.38. The first-order chi connectivity index (χ1) is 9.02. The Bertz CT molecular complexity index is 594. The summed E-state index contributed by atoms with van der Waals surface area (Å²) in [5.74, 6) is -0.306. The van der Waals surface area contributed by atoms with Crippen molar-refractivity contribution in [2.45, 2.75) is 6.42 Å². The van der Waals surface area contributed by atoms with Gasteiger partial charge in [0.05, 0.1) is 0 Å². The Morgan fingerprint density at radius 3 is 2.68 bits per heavy atom. The molecule has 1 aliphatic heterocycles. The number of rotatable bonds is 1. The number of nitrogens with one attached hydrogen (secondary N) is 1. The average Bonchev–Trinajstić information content (AvgIpc) is 2.68. The molecule has 1 aromatic rings. The van der Waals surface area contributed by atoms with Crippen LogP contribution in [0.1, 0.15) is 16.8 Å². The Kier molecular flexibility index (Phi) is 3.84. The van der Waals surface area contributed by atoms with Crippen LogP contribution in [0.15, 0.2) is 15.8 Å². The molecule has 1 saturated heterocycles. The summed E-state index contributed by atoms with van der Waals surface area (Å²) < 4.78 is 2.22. The molecular weight excluding hydrogens is 248 g/mol. The third kappa shape index (κ3) is 2.60. The minimum absolute atomic E-state index is 0.0477. The lowest BCUT2D eigenvalue weighted by molar-refractivity contribution is 0.0762. The van der Waals surface area contributed by atoms with Gasteiger partial charge in [-0.3, -0.25) is 14.2 Å². The largest absolute Gasteiger partial charge is 0.337 e. The minimum atomic E-state index is -0.537. The van der Waals surface area contributed by atoms with Crippen LogP contribution in [-0.4, -0.2) is 46.1 Å². The maximum Gasteiger partial charge on any atom is 0.330 e. The quantitative estimate of drug-likeness (QED) is 0.672. The van der Waals surface area contributed by atoms with Gasteiger partial charge in [-0.1, -0.05) is 0 Å². The van der Waals surface area contributed by atoms with Crippen LogP contribution in [0.25, 0.3) is 0 Å². The number of hydrogen-bond acceptors (Lipinski definition) is 4. The molecule has 1 amide bonds. The fourth-order valence-electron chi connectivity index (χ4n) is 2.17. The first-order valence-corrected chi connectivity index (χ1v) is 6.29. The van der Waals surface area contributed by atoms with Crippen LogP contribution < -0.4 is 16.6 Å². The highest BCUT2D eigenvalue weighted by Gasteiger charge is 2.21. The van der Waals surface area contributed by atoms with E-state index in [9.17, 15) is 14.4 Å². The van der Waals surface area contributed by atoms with Gasteiger partial charge in [-0.15, -0.1) is 0 Å². The molecule has 0 radical (unpaired) electrons. The number of aromatic nitrogens is 2. The van der Waals surface area contributed by atoms with Gasteiger partial charge in [0.15, 0.2) is 0 Å². The second-order valence-electron chi connectivity index (χ2n) is 4.70. The molecule has 1 N–H and O–H groups in total. The highest BCUT2D eigenvalue weighted by atomic mass is 16.2. The van der Waals surface area contributed by atoms with Gasteiger partial charge in [0.25, 0.3) is 11.5 Å². The highest BCUT2D eigenvalue weighted by molar-refractivity contribution is 5.93. The fraction of sp³-hybridized carbons (Fsp3) is 0.583. The molecule has 2 heterocycles. The van der Waals surface area contributed by atoms with Gasteiger partial charge in [0, 0.05) is 39.9 Å². The summed E-state index contributed by atoms with van der Waals surface area (Å²) in [7, 11) is 2.91. The van der Waals surface area contributed by atoms with E-state index in [0.29, 0.717) is 13.1 Å². The molecule has 0 aliphatic carbocycles. The highest BCUT2D eigenvalue weighted by Crippen LogP contribution is 2.02. The third-order valence-electron chi connectivity index (χ3n) is 3.30. The Labute approximate surface area is 110 Å². The number of nitrogens with zero attached hydrogens (tertiary/aromatic N) is 3. The van der Waals surface area contributed by atoms with Gasteiger partial charge in [-0.25, -0.2) is 4.79 Å². The van der Waals surface area contributed by atoms with E-state index in [1.54, 1.807) is 4.90 Å². The van der Waals surface area contributed by atoms with Crippen molar-refractivity contribution in [3.05, 3.63) is 32.6 Å². The van der Waals surface area contributed by atoms with Gasteiger partial charge in [0.2, 0.25) is 0 Å². The predicted molar refractivity (Wildman–Crippen MR) is 70.3 cm³/mol. The second-order valence-corrected chi connectivity index (χ2v) is 4.70. The summed E-state index contributed by atoms with van der Waals surface area (Å²) in [5, 5.41) is 3.20. The van der Waals surface area contributed by atoms with Crippen molar-refractivity contribution in [1.29, 1.82) is 0 Å². The van der Waals surface area contributed by atoms with Gasteiger partial charge in [-0.2, -0.15) is 0 Å². The van der Waals surface area contributed by atoms with Crippen molar-refractivity contribution < 1.29 is 4.79 Å². The Morgan fingerprint density at radius 2 is 1.95 bits per heavy atom. The van der Waals surface area contributed by atoms with E-state index < -0.39 is 11.2 Å². The maximum absolute atomic E-state index is 12.4. The summed E-state index contributed by atoms with van der Waals surface area (Å²) in [4.78, 5) is 37.6. The molecule has 0 atom stereocenters. The van der Waals surface area contributed by atoms with Gasteiger partial charge in [-0.05, 0) is 13.0 Å². The van der Waals surface area contributed by atoms with Gasteiger partial charge >= 0.3 is 5.69 Å². The summed E-state index contributed by atoms with van der Waals surface area (Å²) in [6.45, 7) is 2.79. The Hall–Kier alpha value is -1.89. The molecular formula is C12H18N4O3. The molecule has 7 heteroatoms. The molecule has 0 saturated carbocycles. The lowest BCUT2D eigenvalue weighted by Gasteiger charge is -2.20. The normalized spacial score (nSPS) is 16.2. The van der Waals surface area contributed by atoms with Crippen LogP contribution in [0.2, 0.25) is 0 Å². The molecule has 7 nitrogen and oxygen atoms in total. The van der Waals surface area contributed by atoms with Crippen LogP contribution in [0.5, 0.6) is 0 Å². The molecule has 1 aromatic heterocycles. The fourth-order valence-corrected chi connectivity index (χ4v) is 2.17. The topological polar surface area (TPSA) is 76.3 Å². The van der Waals surface area contributed by atoms with Crippen molar-refractivity contribution in [2.75, 3.05) is 26.2 Å². The van der Waals surface area contributed by atoms with E-state index in [2.05, 4.69) is 5.32 Å². The third-order valence-corrected chi connectivity index (χ3v) is 3.30. The smallest absolute Gasteiger partial charge is 0.330 e. The van der Waals surface area contributed by atoms with Gasteiger partial charge in [0.1, 0.15) is 5.56 Å². The van der Waals surface area contributed by atoms with Crippen molar-refractivity contribution in [2.24, 2.45) is 14.1 Å². The predicted octanol–water partition coefficient (Wildman–Crippen LogP) is -1.48. The zero-order valence-corrected chi connectivity index (χ0v) is 11.2. The molecule has 104 valence electrons. The number of aryl methyl sites for hydroxylation is 1. The lowest BCUT2D eigenvalue weighted by atomic mass is 10.2. The molecule has 0 spiro atoms. The summed E-state index contributed by atoms with van der Waals surface area (Å²) in [6.07, 6.45) is 2.18. The molecule has 1 aliphatic rings. The molecule has 0 unspecified atom stereocenters. The molecule has 2 rings (SSSR count). The first kappa shape index (κ1) is 13.5. The SMILES string of the molecule is Cn1cc(C(=O)N2CCCNCC2)c(=O)n(C)c1=O. The average molecular weight is 266 g/mol. The van der Waals surface area contributed by atoms with E-state index in [1.165, 1.54) is 24.9 Å². The zero-order chi connectivity index (χ0) is 14.0. The summed E-state index contributed by atoms with van der Waals surface area (Å²) >= 11 is 0. The van der Waals surface area contributed by atoms with E-state index in [4.69, 9.17) is 0 Å². The van der Waals surface area contributed by atoms with E-state index in [0.717, 1.165) is 24.1 Å². The standard InChI is InChI=1S/C12H18N4O3/c1-14-8-9(10(17)15(2)12(14)19)11(18)16-6-3-4-13-5-7-16/h8,13H,3-7H2,1-2H3. The molecule has 0 bridgehead atoms. The number of carbonyl (C=O) groups is 1. The number of amides is 1. The lowest BCUT2D eigenvalue weighted by Crippen LogP contribution is -2.43. The van der Waals surface area contributed by atoms with Crippen molar-refractivity contribution in [3.63, 3.8) is 0 Å². The van der Waals surface area contributed by atoms with Crippen molar-refractivity contribution >= 4 is 5.91 Å². The zero-order valence-electron chi connectivity index (χ0n) is 11.2. The molecule has 1 fully saturated rings. The first-order valence-electron chi connectivity index (χ1n) is 6.29. The Morgan fingerprint density at radius 1 is 1.21 bits per heavy atom. The molecule has 0 aromatic carbocycles. The molecule has 19 heavy (non-hydrogen) atoms. The number of carbonyl (C=O) groups excluding carboxylic acids is 1. The second kappa shape index (κ2) is 5.40. The van der Waals surface area contributed by atoms with Crippen LogP contribution in [0.4, 0.5) is 0 Å². The van der Waals surface area contributed by atoms with Crippen LogP contribution in [0, 0.1) is 0 Å². The van der Waals surface area contributed by atoms with E-state index >= 15 is 0 Å². The van der Waals surface area contributed by atoms with Crippen LogP contribution >= 0.6 is 0 Å².